The van der Waals surface area contributed by atoms with Crippen LogP contribution in [0.5, 0.6) is 0 Å². The lowest BCUT2D eigenvalue weighted by molar-refractivity contribution is -0.138. The minimum Gasteiger partial charge on any atom is -0.481 e. The summed E-state index contributed by atoms with van der Waals surface area (Å²) in [5, 5.41) is 8.46. The normalized spacial score (nSPS) is 28.5. The van der Waals surface area contributed by atoms with Crippen LogP contribution in [-0.4, -0.2) is 48.8 Å². The van der Waals surface area contributed by atoms with Crippen molar-refractivity contribution in [2.75, 3.05) is 26.8 Å². The van der Waals surface area contributed by atoms with Crippen molar-refractivity contribution in [3.05, 3.63) is 0 Å². The Labute approximate surface area is 90.2 Å². The van der Waals surface area contributed by atoms with E-state index in [9.17, 15) is 4.79 Å². The molecule has 2 fully saturated rings. The van der Waals surface area contributed by atoms with E-state index in [1.807, 2.05) is 0 Å². The number of aliphatic carboxylic acids is 1. The summed E-state index contributed by atoms with van der Waals surface area (Å²) in [6.07, 6.45) is 4.07. The van der Waals surface area contributed by atoms with Crippen LogP contribution >= 0.6 is 0 Å². The molecule has 0 aromatic rings. The molecule has 2 aliphatic rings. The molecular formula is C11H19NO3. The van der Waals surface area contributed by atoms with Crippen molar-refractivity contribution in [2.24, 2.45) is 5.41 Å². The van der Waals surface area contributed by atoms with Gasteiger partial charge >= 0.3 is 5.97 Å². The Hall–Kier alpha value is -0.610. The molecule has 1 aliphatic heterocycles. The van der Waals surface area contributed by atoms with E-state index in [4.69, 9.17) is 9.84 Å². The van der Waals surface area contributed by atoms with Crippen molar-refractivity contribution in [3.63, 3.8) is 0 Å². The van der Waals surface area contributed by atoms with Gasteiger partial charge in [-0.25, -0.2) is 0 Å². The Balaban J connectivity index is 1.65. The minimum atomic E-state index is -0.784. The summed E-state index contributed by atoms with van der Waals surface area (Å²) in [7, 11) is 2.14. The van der Waals surface area contributed by atoms with E-state index >= 15 is 0 Å². The third kappa shape index (κ3) is 2.69. The molecule has 0 bridgehead atoms. The summed E-state index contributed by atoms with van der Waals surface area (Å²) in [5.74, 6) is -0.784. The maximum Gasteiger partial charge on any atom is 0.305 e. The third-order valence-electron chi connectivity index (χ3n) is 3.60. The Morgan fingerprint density at radius 3 is 2.87 bits per heavy atom. The van der Waals surface area contributed by atoms with Gasteiger partial charge in [0, 0.05) is 12.6 Å². The van der Waals surface area contributed by atoms with E-state index in [1.165, 1.54) is 25.8 Å². The molecule has 4 heteroatoms. The minimum absolute atomic E-state index is 0.113. The highest BCUT2D eigenvalue weighted by molar-refractivity contribution is 5.66. The number of carboxylic acid groups (broad SMARTS) is 1. The van der Waals surface area contributed by atoms with Gasteiger partial charge in [-0.1, -0.05) is 0 Å². The quantitative estimate of drug-likeness (QED) is 0.691. The van der Waals surface area contributed by atoms with Gasteiger partial charge in [-0.15, -0.1) is 0 Å². The zero-order valence-electron chi connectivity index (χ0n) is 9.24. The predicted molar refractivity (Wildman–Crippen MR) is 55.8 cm³/mol. The van der Waals surface area contributed by atoms with Crippen LogP contribution in [-0.2, 0) is 9.53 Å². The molecule has 1 N–H and O–H groups in total. The number of likely N-dealkylation sites (N-methyl/N-ethyl adjacent to an activating group) is 1. The highest BCUT2D eigenvalue weighted by Gasteiger charge is 2.50. The summed E-state index contributed by atoms with van der Waals surface area (Å²) >= 11 is 0. The second-order valence-electron chi connectivity index (χ2n) is 4.99. The van der Waals surface area contributed by atoms with Crippen molar-refractivity contribution >= 4 is 5.97 Å². The van der Waals surface area contributed by atoms with E-state index < -0.39 is 5.97 Å². The molecule has 86 valence electrons. The Bertz CT molecular complexity index is 250. The van der Waals surface area contributed by atoms with Gasteiger partial charge in [-0.3, -0.25) is 4.79 Å². The molecule has 1 heterocycles. The predicted octanol–water partition coefficient (Wildman–Crippen LogP) is 0.962. The van der Waals surface area contributed by atoms with Crippen LogP contribution < -0.4 is 0 Å². The average molecular weight is 213 g/mol. The number of carboxylic acids is 1. The van der Waals surface area contributed by atoms with Crippen molar-refractivity contribution < 1.29 is 14.6 Å². The SMILES string of the molecule is CN1CC2(CC2)C[C@H]1COCCC(=O)O. The third-order valence-corrected chi connectivity index (χ3v) is 3.60. The van der Waals surface area contributed by atoms with Crippen molar-refractivity contribution in [2.45, 2.75) is 31.7 Å². The van der Waals surface area contributed by atoms with Gasteiger partial charge in [0.2, 0.25) is 0 Å². The van der Waals surface area contributed by atoms with E-state index in [0.717, 1.165) is 0 Å². The molecule has 1 aliphatic carbocycles. The monoisotopic (exact) mass is 213 g/mol. The number of nitrogens with zero attached hydrogens (tertiary/aromatic N) is 1. The molecular weight excluding hydrogens is 194 g/mol. The smallest absolute Gasteiger partial charge is 0.305 e. The Morgan fingerprint density at radius 2 is 2.33 bits per heavy atom. The first-order valence-electron chi connectivity index (χ1n) is 5.61. The average Bonchev–Trinajstić information content (AvgIpc) is 2.81. The van der Waals surface area contributed by atoms with Gasteiger partial charge in [-0.2, -0.15) is 0 Å². The fourth-order valence-electron chi connectivity index (χ4n) is 2.48. The number of hydrogen-bond donors (Lipinski definition) is 1. The molecule has 0 unspecified atom stereocenters. The van der Waals surface area contributed by atoms with Crippen molar-refractivity contribution in [3.8, 4) is 0 Å². The summed E-state index contributed by atoms with van der Waals surface area (Å²) in [6.45, 7) is 2.22. The zero-order valence-corrected chi connectivity index (χ0v) is 9.24. The molecule has 2 rings (SSSR count). The maximum absolute atomic E-state index is 10.3. The summed E-state index contributed by atoms with van der Waals surface area (Å²) < 4.78 is 5.40. The first-order valence-corrected chi connectivity index (χ1v) is 5.61. The molecule has 15 heavy (non-hydrogen) atoms. The lowest BCUT2D eigenvalue weighted by atomic mass is 10.0. The molecule has 0 aromatic carbocycles. The number of likely N-dealkylation sites (tertiary alicyclic amines) is 1. The summed E-state index contributed by atoms with van der Waals surface area (Å²) in [6, 6.07) is 0.501. The molecule has 0 radical (unpaired) electrons. The second-order valence-corrected chi connectivity index (χ2v) is 4.99. The molecule has 0 aromatic heterocycles. The van der Waals surface area contributed by atoms with Crippen LogP contribution in [0.25, 0.3) is 0 Å². The lowest BCUT2D eigenvalue weighted by Crippen LogP contribution is -2.29. The number of carbonyl (C=O) groups is 1. The van der Waals surface area contributed by atoms with Gasteiger partial charge in [0.25, 0.3) is 0 Å². The molecule has 0 amide bonds. The van der Waals surface area contributed by atoms with Crippen molar-refractivity contribution in [1.82, 2.24) is 4.90 Å². The molecule has 1 saturated heterocycles. The largest absolute Gasteiger partial charge is 0.481 e. The topological polar surface area (TPSA) is 49.8 Å². The number of hydrogen-bond acceptors (Lipinski definition) is 3. The van der Waals surface area contributed by atoms with E-state index in [2.05, 4.69) is 11.9 Å². The zero-order chi connectivity index (χ0) is 10.9. The first kappa shape index (κ1) is 10.9. The highest BCUT2D eigenvalue weighted by atomic mass is 16.5. The number of ether oxygens (including phenoxy) is 1. The fourth-order valence-corrected chi connectivity index (χ4v) is 2.48. The van der Waals surface area contributed by atoms with Crippen molar-refractivity contribution in [1.29, 1.82) is 0 Å². The van der Waals surface area contributed by atoms with E-state index in [0.29, 0.717) is 24.7 Å². The van der Waals surface area contributed by atoms with Gasteiger partial charge in [0.15, 0.2) is 0 Å². The van der Waals surface area contributed by atoms with Gasteiger partial charge in [-0.05, 0) is 31.7 Å². The number of rotatable bonds is 5. The van der Waals surface area contributed by atoms with Crippen LogP contribution in [0.4, 0.5) is 0 Å². The Morgan fingerprint density at radius 1 is 1.60 bits per heavy atom. The highest BCUT2D eigenvalue weighted by Crippen LogP contribution is 2.54. The summed E-state index contributed by atoms with van der Waals surface area (Å²) in [5.41, 5.74) is 0.607. The second kappa shape index (κ2) is 4.10. The van der Waals surface area contributed by atoms with Gasteiger partial charge in [0.05, 0.1) is 19.6 Å². The van der Waals surface area contributed by atoms with Gasteiger partial charge in [0.1, 0.15) is 0 Å². The molecule has 1 atom stereocenters. The Kier molecular flexibility index (Phi) is 2.98. The maximum atomic E-state index is 10.3. The first-order chi connectivity index (χ1) is 7.11. The fraction of sp³-hybridized carbons (Fsp3) is 0.909. The van der Waals surface area contributed by atoms with E-state index in [-0.39, 0.29) is 6.42 Å². The van der Waals surface area contributed by atoms with Crippen LogP contribution in [0, 0.1) is 5.41 Å². The molecule has 1 spiro atoms. The molecule has 1 saturated carbocycles. The summed E-state index contributed by atoms with van der Waals surface area (Å²) in [4.78, 5) is 12.6. The van der Waals surface area contributed by atoms with E-state index in [1.54, 1.807) is 0 Å². The van der Waals surface area contributed by atoms with Gasteiger partial charge < -0.3 is 14.7 Å². The molecule has 4 nitrogen and oxygen atoms in total. The van der Waals surface area contributed by atoms with Crippen LogP contribution in [0.3, 0.4) is 0 Å². The van der Waals surface area contributed by atoms with Crippen LogP contribution in [0.1, 0.15) is 25.7 Å². The van der Waals surface area contributed by atoms with Crippen LogP contribution in [0.15, 0.2) is 0 Å². The van der Waals surface area contributed by atoms with Crippen LogP contribution in [0.2, 0.25) is 0 Å². The standard InChI is InChI=1S/C11H19NO3/c1-12-8-11(3-4-11)6-9(12)7-15-5-2-10(13)14/h9H,2-8H2,1H3,(H,13,14)/t9-/m0/s1. The lowest BCUT2D eigenvalue weighted by Gasteiger charge is -2.18.